The van der Waals surface area contributed by atoms with Crippen molar-refractivity contribution in [2.45, 2.75) is 0 Å². The summed E-state index contributed by atoms with van der Waals surface area (Å²) in [5.74, 6) is 0. The summed E-state index contributed by atoms with van der Waals surface area (Å²) >= 11 is 0. The number of rotatable bonds is 0. The van der Waals surface area contributed by atoms with Crippen molar-refractivity contribution in [3.8, 4) is 0 Å². The van der Waals surface area contributed by atoms with E-state index < -0.39 is 17.3 Å². The molecule has 0 heterocycles. The monoisotopic (exact) mass is 147 g/mol. The molecule has 0 saturated carbocycles. The molecule has 7 heavy (non-hydrogen) atoms. The standard InChI is InChI=1S/HO3P.H3O2P/c1-4(2)3;1-3-2/h(H-,1,2,3);1-3H/p+1. The molecule has 0 atom stereocenters. The summed E-state index contributed by atoms with van der Waals surface area (Å²) in [6.45, 7) is 0. The molecule has 0 aromatic rings. The highest BCUT2D eigenvalue weighted by Crippen LogP contribution is 1.98. The normalized spacial score (nSPS) is 6.29. The highest BCUT2D eigenvalue weighted by Gasteiger charge is 1.93. The first-order valence-electron chi connectivity index (χ1n) is 1.03. The molecule has 0 aromatic carbocycles. The van der Waals surface area contributed by atoms with Gasteiger partial charge in [-0.1, -0.05) is 0 Å². The average molecular weight is 147 g/mol. The molecule has 0 rings (SSSR count). The molecule has 0 amide bonds. The molecule has 44 valence electrons. The van der Waals surface area contributed by atoms with E-state index in [1.807, 2.05) is 0 Å². The van der Waals surface area contributed by atoms with Crippen LogP contribution in [0, 0.1) is 0 Å². The fraction of sp³-hybridized carbons (Fsp3) is 0. The zero-order valence-corrected chi connectivity index (χ0v) is 5.04. The Kier molecular flexibility index (Phi) is 14.3. The summed E-state index contributed by atoms with van der Waals surface area (Å²) in [7, 11) is -3.79. The molecule has 4 N–H and O–H groups in total. The van der Waals surface area contributed by atoms with Crippen LogP contribution in [0.3, 0.4) is 0 Å². The van der Waals surface area contributed by atoms with E-state index in [4.69, 9.17) is 24.1 Å². The van der Waals surface area contributed by atoms with Gasteiger partial charge in [-0.25, -0.2) is 0 Å². The van der Waals surface area contributed by atoms with Gasteiger partial charge >= 0.3 is 8.25 Å². The van der Waals surface area contributed by atoms with E-state index in [0.717, 1.165) is 0 Å². The van der Waals surface area contributed by atoms with Gasteiger partial charge < -0.3 is 9.79 Å². The summed E-state index contributed by atoms with van der Waals surface area (Å²) in [4.78, 5) is 28.5. The predicted octanol–water partition coefficient (Wildman–Crippen LogP) is -0.892. The first kappa shape index (κ1) is 10.4. The van der Waals surface area contributed by atoms with Crippen molar-refractivity contribution in [3.05, 3.63) is 0 Å². The van der Waals surface area contributed by atoms with Crippen LogP contribution in [0.5, 0.6) is 0 Å². The van der Waals surface area contributed by atoms with E-state index in [9.17, 15) is 0 Å². The summed E-state index contributed by atoms with van der Waals surface area (Å²) in [6.07, 6.45) is 0. The molecule has 0 saturated heterocycles. The quantitative estimate of drug-likeness (QED) is 0.333. The zero-order chi connectivity index (χ0) is 6.28. The Balaban J connectivity index is 0. The Labute approximate surface area is 42.5 Å². The van der Waals surface area contributed by atoms with Crippen LogP contribution in [0.15, 0.2) is 0 Å². The van der Waals surface area contributed by atoms with Gasteiger partial charge in [0, 0.05) is 4.57 Å². The van der Waals surface area contributed by atoms with Crippen LogP contribution >= 0.6 is 17.3 Å². The molecule has 5 nitrogen and oxygen atoms in total. The molecular formula is H5O5P2+. The topological polar surface area (TPSA) is 98.0 Å². The second kappa shape index (κ2) is 9.62. The van der Waals surface area contributed by atoms with Gasteiger partial charge in [0.2, 0.25) is 0 Å². The van der Waals surface area contributed by atoms with Crippen molar-refractivity contribution in [1.82, 2.24) is 0 Å². The molecule has 7 heteroatoms. The van der Waals surface area contributed by atoms with Crippen LogP contribution in [-0.2, 0) is 4.57 Å². The zero-order valence-electron chi connectivity index (χ0n) is 3.14. The van der Waals surface area contributed by atoms with Gasteiger partial charge in [0.25, 0.3) is 0 Å². The molecule has 0 aliphatic carbocycles. The minimum absolute atomic E-state index is 0.917. The van der Waals surface area contributed by atoms with Crippen molar-refractivity contribution in [2.75, 3.05) is 0 Å². The van der Waals surface area contributed by atoms with Gasteiger partial charge in [-0.2, -0.15) is 0 Å². The Bertz CT molecular complexity index is 37.3. The van der Waals surface area contributed by atoms with E-state index >= 15 is 0 Å². The molecule has 0 aliphatic heterocycles. The maximum absolute atomic E-state index is 8.70. The molecule has 0 spiro atoms. The SMILES string of the molecule is O=[P+](O)O.OPO. The highest BCUT2D eigenvalue weighted by molar-refractivity contribution is 7.30. The minimum atomic E-state index is -2.87. The molecule has 0 aliphatic rings. The van der Waals surface area contributed by atoms with Crippen LogP contribution in [0.4, 0.5) is 0 Å². The lowest BCUT2D eigenvalue weighted by Gasteiger charge is -1.54. The van der Waals surface area contributed by atoms with Crippen LogP contribution in [-0.4, -0.2) is 19.6 Å². The molecular weight excluding hydrogens is 142 g/mol. The molecule has 0 unspecified atom stereocenters. The van der Waals surface area contributed by atoms with Gasteiger partial charge in [0.05, 0.1) is 0 Å². The summed E-state index contributed by atoms with van der Waals surface area (Å²) < 4.78 is 8.70. The van der Waals surface area contributed by atoms with Crippen LogP contribution in [0.1, 0.15) is 0 Å². The lowest BCUT2D eigenvalue weighted by molar-refractivity contribution is 0.405. The van der Waals surface area contributed by atoms with Crippen molar-refractivity contribution >= 4 is 17.3 Å². The number of hydrogen-bond donors (Lipinski definition) is 4. The fourth-order valence-electron chi connectivity index (χ4n) is 0. The molecule has 0 radical (unpaired) electrons. The lowest BCUT2D eigenvalue weighted by Crippen LogP contribution is -1.38. The van der Waals surface area contributed by atoms with Gasteiger partial charge in [-0.15, -0.1) is 9.79 Å². The third-order valence-corrected chi connectivity index (χ3v) is 0. The van der Waals surface area contributed by atoms with Crippen molar-refractivity contribution in [1.29, 1.82) is 0 Å². The Hall–Kier alpha value is 0.370. The van der Waals surface area contributed by atoms with E-state index in [1.54, 1.807) is 0 Å². The first-order valence-corrected chi connectivity index (χ1v) is 3.09. The maximum atomic E-state index is 8.70. The van der Waals surface area contributed by atoms with E-state index in [1.165, 1.54) is 0 Å². The van der Waals surface area contributed by atoms with Gasteiger partial charge in [0.15, 0.2) is 0 Å². The van der Waals surface area contributed by atoms with Crippen molar-refractivity contribution < 1.29 is 24.1 Å². The Morgan fingerprint density at radius 1 is 1.29 bits per heavy atom. The second-order valence-electron chi connectivity index (χ2n) is 0.353. The van der Waals surface area contributed by atoms with Crippen molar-refractivity contribution in [3.63, 3.8) is 0 Å². The summed E-state index contributed by atoms with van der Waals surface area (Å²) in [6, 6.07) is 0. The summed E-state index contributed by atoms with van der Waals surface area (Å²) in [5, 5.41) is 0. The predicted molar refractivity (Wildman–Crippen MR) is 24.8 cm³/mol. The van der Waals surface area contributed by atoms with Gasteiger partial charge in [-0.3, -0.25) is 0 Å². The van der Waals surface area contributed by atoms with Gasteiger partial charge in [-0.05, 0) is 0 Å². The fourth-order valence-corrected chi connectivity index (χ4v) is 0. The average Bonchev–Trinajstić information content (AvgIpc) is 1.33. The third-order valence-electron chi connectivity index (χ3n) is 0. The summed E-state index contributed by atoms with van der Waals surface area (Å²) in [5.41, 5.74) is 0. The van der Waals surface area contributed by atoms with E-state index in [-0.39, 0.29) is 0 Å². The Morgan fingerprint density at radius 2 is 1.29 bits per heavy atom. The second-order valence-corrected chi connectivity index (χ2v) is 1.06. The first-order chi connectivity index (χ1) is 3.15. The lowest BCUT2D eigenvalue weighted by atomic mass is 15.8. The Morgan fingerprint density at radius 3 is 1.29 bits per heavy atom. The number of hydrogen-bond acceptors (Lipinski definition) is 3. The van der Waals surface area contributed by atoms with E-state index in [2.05, 4.69) is 0 Å². The van der Waals surface area contributed by atoms with Crippen LogP contribution in [0.2, 0.25) is 0 Å². The molecule has 0 bridgehead atoms. The maximum Gasteiger partial charge on any atom is 0.692 e. The largest absolute Gasteiger partial charge is 0.692 e. The third kappa shape index (κ3) is 889. The van der Waals surface area contributed by atoms with E-state index in [0.29, 0.717) is 0 Å². The van der Waals surface area contributed by atoms with Crippen molar-refractivity contribution in [2.24, 2.45) is 0 Å². The van der Waals surface area contributed by atoms with Gasteiger partial charge in [0.1, 0.15) is 9.03 Å². The minimum Gasteiger partial charge on any atom is -0.352 e. The smallest absolute Gasteiger partial charge is 0.352 e. The highest BCUT2D eigenvalue weighted by atomic mass is 31.1. The molecule has 0 fully saturated rings. The van der Waals surface area contributed by atoms with Crippen LogP contribution < -0.4 is 0 Å². The molecule has 0 aromatic heterocycles. The van der Waals surface area contributed by atoms with Crippen LogP contribution in [0.25, 0.3) is 0 Å².